The van der Waals surface area contributed by atoms with Crippen LogP contribution in [0.25, 0.3) is 6.08 Å². The second-order valence-corrected chi connectivity index (χ2v) is 5.51. The molecule has 5 heteroatoms. The summed E-state index contributed by atoms with van der Waals surface area (Å²) in [6.07, 6.45) is 8.28. The van der Waals surface area contributed by atoms with E-state index in [0.717, 1.165) is 5.56 Å². The average molecular weight is 326 g/mol. The summed E-state index contributed by atoms with van der Waals surface area (Å²) in [5.41, 5.74) is 1.42. The van der Waals surface area contributed by atoms with Crippen molar-refractivity contribution in [1.29, 1.82) is 0 Å². The number of methoxy groups -OCH3 is 1. The van der Waals surface area contributed by atoms with Crippen molar-refractivity contribution >= 4 is 11.9 Å². The van der Waals surface area contributed by atoms with Gasteiger partial charge in [0.15, 0.2) is 17.3 Å². The standard InChI is InChI=1S/C19H22N2O3/c1-5-10-24-18-9-7-15(11-19(18)23-4)6-8-17(22)16-12-20-21(13-16)14(2)3/h5-9,11-14H,1,10H2,2-4H3. The molecule has 0 unspecified atom stereocenters. The predicted octanol–water partition coefficient (Wildman–Crippen LogP) is 3.93. The molecule has 0 atom stereocenters. The van der Waals surface area contributed by atoms with E-state index in [-0.39, 0.29) is 11.8 Å². The van der Waals surface area contributed by atoms with E-state index in [9.17, 15) is 4.79 Å². The molecule has 1 aromatic carbocycles. The molecule has 0 aliphatic rings. The lowest BCUT2D eigenvalue weighted by Gasteiger charge is -2.09. The first-order chi connectivity index (χ1) is 11.5. The summed E-state index contributed by atoms with van der Waals surface area (Å²) in [4.78, 5) is 12.2. The van der Waals surface area contributed by atoms with Crippen molar-refractivity contribution in [2.45, 2.75) is 19.9 Å². The summed E-state index contributed by atoms with van der Waals surface area (Å²) in [6, 6.07) is 5.72. The average Bonchev–Trinajstić information content (AvgIpc) is 3.08. The van der Waals surface area contributed by atoms with Gasteiger partial charge in [0.2, 0.25) is 0 Å². The molecule has 0 fully saturated rings. The predicted molar refractivity (Wildman–Crippen MR) is 94.7 cm³/mol. The summed E-state index contributed by atoms with van der Waals surface area (Å²) < 4.78 is 12.6. The molecule has 5 nitrogen and oxygen atoms in total. The van der Waals surface area contributed by atoms with Gasteiger partial charge in [0.05, 0.1) is 18.9 Å². The number of allylic oxidation sites excluding steroid dienone is 1. The summed E-state index contributed by atoms with van der Waals surface area (Å²) >= 11 is 0. The van der Waals surface area contributed by atoms with Gasteiger partial charge in [-0.2, -0.15) is 5.10 Å². The zero-order valence-electron chi connectivity index (χ0n) is 14.2. The normalized spacial score (nSPS) is 11.0. The van der Waals surface area contributed by atoms with Crippen LogP contribution in [0.1, 0.15) is 35.8 Å². The number of ether oxygens (including phenoxy) is 2. The number of aromatic nitrogens is 2. The highest BCUT2D eigenvalue weighted by atomic mass is 16.5. The molecule has 0 N–H and O–H groups in total. The van der Waals surface area contributed by atoms with Crippen molar-refractivity contribution in [3.63, 3.8) is 0 Å². The van der Waals surface area contributed by atoms with Gasteiger partial charge in [-0.3, -0.25) is 9.48 Å². The maximum atomic E-state index is 12.2. The number of carbonyl (C=O) groups is 1. The van der Waals surface area contributed by atoms with E-state index < -0.39 is 0 Å². The number of nitrogens with zero attached hydrogens (tertiary/aromatic N) is 2. The van der Waals surface area contributed by atoms with Crippen molar-refractivity contribution in [1.82, 2.24) is 9.78 Å². The fourth-order valence-electron chi connectivity index (χ4n) is 2.07. The van der Waals surface area contributed by atoms with E-state index in [0.29, 0.717) is 23.7 Å². The third kappa shape index (κ3) is 4.35. The number of hydrogen-bond acceptors (Lipinski definition) is 4. The lowest BCUT2D eigenvalue weighted by atomic mass is 10.1. The Balaban J connectivity index is 2.12. The molecule has 1 heterocycles. The minimum atomic E-state index is -0.0900. The minimum Gasteiger partial charge on any atom is -0.493 e. The van der Waals surface area contributed by atoms with E-state index in [1.54, 1.807) is 36.3 Å². The van der Waals surface area contributed by atoms with Gasteiger partial charge in [-0.25, -0.2) is 0 Å². The van der Waals surface area contributed by atoms with Crippen LogP contribution in [-0.2, 0) is 0 Å². The lowest BCUT2D eigenvalue weighted by Crippen LogP contribution is -2.00. The quantitative estimate of drug-likeness (QED) is 0.419. The van der Waals surface area contributed by atoms with Crippen molar-refractivity contribution in [2.75, 3.05) is 13.7 Å². The molecule has 0 aliphatic carbocycles. The molecule has 0 radical (unpaired) electrons. The largest absolute Gasteiger partial charge is 0.493 e. The van der Waals surface area contributed by atoms with E-state index in [2.05, 4.69) is 11.7 Å². The number of rotatable bonds is 8. The third-order valence-electron chi connectivity index (χ3n) is 3.39. The van der Waals surface area contributed by atoms with Crippen molar-refractivity contribution in [2.24, 2.45) is 0 Å². The topological polar surface area (TPSA) is 53.3 Å². The third-order valence-corrected chi connectivity index (χ3v) is 3.39. The maximum Gasteiger partial charge on any atom is 0.189 e. The highest BCUT2D eigenvalue weighted by Crippen LogP contribution is 2.28. The van der Waals surface area contributed by atoms with Crippen LogP contribution in [0.5, 0.6) is 11.5 Å². The van der Waals surface area contributed by atoms with Crippen molar-refractivity contribution in [3.8, 4) is 11.5 Å². The second kappa shape index (κ2) is 8.15. The van der Waals surface area contributed by atoms with Gasteiger partial charge in [-0.05, 0) is 37.6 Å². The Kier molecular flexibility index (Phi) is 5.95. The Hall–Kier alpha value is -2.82. The molecule has 0 aliphatic heterocycles. The first kappa shape index (κ1) is 17.5. The molecule has 0 saturated carbocycles. The first-order valence-electron chi connectivity index (χ1n) is 7.73. The van der Waals surface area contributed by atoms with E-state index in [1.165, 1.54) is 6.08 Å². The molecule has 2 rings (SSSR count). The molecule has 126 valence electrons. The molecule has 0 amide bonds. The Morgan fingerprint density at radius 3 is 2.79 bits per heavy atom. The zero-order chi connectivity index (χ0) is 17.5. The highest BCUT2D eigenvalue weighted by molar-refractivity contribution is 6.06. The fraction of sp³-hybridized carbons (Fsp3) is 0.263. The van der Waals surface area contributed by atoms with Gasteiger partial charge < -0.3 is 9.47 Å². The van der Waals surface area contributed by atoms with Gasteiger partial charge >= 0.3 is 0 Å². The number of hydrogen-bond donors (Lipinski definition) is 0. The summed E-state index contributed by atoms with van der Waals surface area (Å²) in [7, 11) is 1.58. The van der Waals surface area contributed by atoms with Gasteiger partial charge in [-0.1, -0.05) is 24.8 Å². The van der Waals surface area contributed by atoms with Gasteiger partial charge in [0, 0.05) is 12.2 Å². The Bertz CT molecular complexity index is 745. The van der Waals surface area contributed by atoms with Crippen LogP contribution in [0.15, 0.2) is 49.3 Å². The maximum absolute atomic E-state index is 12.2. The monoisotopic (exact) mass is 326 g/mol. The van der Waals surface area contributed by atoms with Gasteiger partial charge in [0.25, 0.3) is 0 Å². The number of carbonyl (C=O) groups excluding carboxylic acids is 1. The second-order valence-electron chi connectivity index (χ2n) is 5.51. The highest BCUT2D eigenvalue weighted by Gasteiger charge is 2.08. The van der Waals surface area contributed by atoms with Gasteiger partial charge in [-0.15, -0.1) is 0 Å². The Labute approximate surface area is 142 Å². The molecule has 1 aromatic heterocycles. The molecule has 0 spiro atoms. The zero-order valence-corrected chi connectivity index (χ0v) is 14.2. The molecular weight excluding hydrogens is 304 g/mol. The van der Waals surface area contributed by atoms with Crippen LogP contribution in [0, 0.1) is 0 Å². The fourth-order valence-corrected chi connectivity index (χ4v) is 2.07. The van der Waals surface area contributed by atoms with E-state index >= 15 is 0 Å². The van der Waals surface area contributed by atoms with Gasteiger partial charge in [0.1, 0.15) is 6.61 Å². The minimum absolute atomic E-state index is 0.0900. The van der Waals surface area contributed by atoms with Crippen LogP contribution in [0.3, 0.4) is 0 Å². The summed E-state index contributed by atoms with van der Waals surface area (Å²) in [5.74, 6) is 1.16. The SMILES string of the molecule is C=CCOc1ccc(C=CC(=O)c2cnn(C(C)C)c2)cc1OC. The van der Waals surface area contributed by atoms with Crippen LogP contribution < -0.4 is 9.47 Å². The summed E-state index contributed by atoms with van der Waals surface area (Å²) in [5, 5.41) is 4.18. The molecular formula is C19H22N2O3. The molecule has 24 heavy (non-hydrogen) atoms. The Morgan fingerprint density at radius 2 is 2.17 bits per heavy atom. The molecule has 0 saturated heterocycles. The van der Waals surface area contributed by atoms with Crippen molar-refractivity contribution < 1.29 is 14.3 Å². The van der Waals surface area contributed by atoms with E-state index in [4.69, 9.17) is 9.47 Å². The Morgan fingerprint density at radius 1 is 1.38 bits per heavy atom. The van der Waals surface area contributed by atoms with Crippen LogP contribution in [-0.4, -0.2) is 29.3 Å². The smallest absolute Gasteiger partial charge is 0.189 e. The van der Waals surface area contributed by atoms with E-state index in [1.807, 2.05) is 32.0 Å². The molecule has 0 bridgehead atoms. The van der Waals surface area contributed by atoms with Crippen LogP contribution in [0.2, 0.25) is 0 Å². The number of benzene rings is 1. The van der Waals surface area contributed by atoms with Crippen LogP contribution in [0.4, 0.5) is 0 Å². The summed E-state index contributed by atoms with van der Waals surface area (Å²) in [6.45, 7) is 8.05. The lowest BCUT2D eigenvalue weighted by molar-refractivity contribution is 0.104. The van der Waals surface area contributed by atoms with Crippen LogP contribution >= 0.6 is 0 Å². The van der Waals surface area contributed by atoms with Crippen molar-refractivity contribution in [3.05, 3.63) is 60.5 Å². The number of ketones is 1. The molecule has 2 aromatic rings. The first-order valence-corrected chi connectivity index (χ1v) is 7.73.